The Labute approximate surface area is 114 Å². The van der Waals surface area contributed by atoms with E-state index in [4.69, 9.17) is 4.74 Å². The maximum Gasteiger partial charge on any atom is 0.292 e. The SMILES string of the molecule is CCNc1ccc(COC(C)(C)CC)cc1[N+](=O)[O-]. The van der Waals surface area contributed by atoms with Gasteiger partial charge in [0.2, 0.25) is 0 Å². The molecule has 1 rings (SSSR count). The Morgan fingerprint density at radius 2 is 2.05 bits per heavy atom. The van der Waals surface area contributed by atoms with Crippen LogP contribution in [0.1, 0.15) is 39.7 Å². The van der Waals surface area contributed by atoms with Crippen molar-refractivity contribution >= 4 is 11.4 Å². The van der Waals surface area contributed by atoms with Crippen LogP contribution in [0, 0.1) is 10.1 Å². The zero-order valence-electron chi connectivity index (χ0n) is 12.0. The summed E-state index contributed by atoms with van der Waals surface area (Å²) in [5.74, 6) is 0. The fourth-order valence-corrected chi connectivity index (χ4v) is 1.54. The fraction of sp³-hybridized carbons (Fsp3) is 0.571. The van der Waals surface area contributed by atoms with Crippen molar-refractivity contribution in [3.05, 3.63) is 33.9 Å². The highest BCUT2D eigenvalue weighted by Gasteiger charge is 2.18. The smallest absolute Gasteiger partial charge is 0.292 e. The predicted octanol–water partition coefficient (Wildman–Crippen LogP) is 3.73. The van der Waals surface area contributed by atoms with Crippen LogP contribution in [-0.4, -0.2) is 17.1 Å². The van der Waals surface area contributed by atoms with E-state index >= 15 is 0 Å². The standard InChI is InChI=1S/C14H22N2O3/c1-5-14(3,4)19-10-11-7-8-12(15-6-2)13(9-11)16(17)18/h7-9,15H,5-6,10H2,1-4H3. The van der Waals surface area contributed by atoms with Gasteiger partial charge in [0, 0.05) is 12.6 Å². The molecule has 0 aromatic heterocycles. The first kappa shape index (κ1) is 15.4. The molecule has 1 aromatic rings. The number of benzene rings is 1. The first-order valence-electron chi connectivity index (χ1n) is 6.54. The topological polar surface area (TPSA) is 64.4 Å². The van der Waals surface area contributed by atoms with Crippen LogP contribution in [0.2, 0.25) is 0 Å². The molecule has 0 radical (unpaired) electrons. The zero-order valence-corrected chi connectivity index (χ0v) is 12.0. The molecule has 106 valence electrons. The number of anilines is 1. The first-order chi connectivity index (χ1) is 8.89. The number of nitro benzene ring substituents is 1. The van der Waals surface area contributed by atoms with Gasteiger partial charge in [0.05, 0.1) is 17.1 Å². The molecule has 1 N–H and O–H groups in total. The Bertz CT molecular complexity index is 444. The summed E-state index contributed by atoms with van der Waals surface area (Å²) in [5.41, 5.74) is 1.24. The number of hydrogen-bond acceptors (Lipinski definition) is 4. The molecule has 5 heteroatoms. The van der Waals surface area contributed by atoms with Gasteiger partial charge >= 0.3 is 0 Å². The summed E-state index contributed by atoms with van der Waals surface area (Å²) in [6.45, 7) is 9.01. The lowest BCUT2D eigenvalue weighted by Gasteiger charge is -2.23. The minimum Gasteiger partial charge on any atom is -0.380 e. The van der Waals surface area contributed by atoms with E-state index in [0.717, 1.165) is 12.0 Å². The van der Waals surface area contributed by atoms with Crippen molar-refractivity contribution in [2.24, 2.45) is 0 Å². The quantitative estimate of drug-likeness (QED) is 0.603. The van der Waals surface area contributed by atoms with E-state index < -0.39 is 0 Å². The maximum atomic E-state index is 11.0. The van der Waals surface area contributed by atoms with Crippen molar-refractivity contribution in [2.75, 3.05) is 11.9 Å². The molecule has 1 aromatic carbocycles. The third kappa shape index (κ3) is 4.52. The van der Waals surface area contributed by atoms with Gasteiger partial charge in [-0.1, -0.05) is 13.0 Å². The number of nitrogens with zero attached hydrogens (tertiary/aromatic N) is 1. The second-order valence-electron chi connectivity index (χ2n) is 5.04. The van der Waals surface area contributed by atoms with Crippen molar-refractivity contribution < 1.29 is 9.66 Å². The summed E-state index contributed by atoms with van der Waals surface area (Å²) >= 11 is 0. The molecule has 0 heterocycles. The van der Waals surface area contributed by atoms with E-state index in [1.54, 1.807) is 12.1 Å². The van der Waals surface area contributed by atoms with E-state index in [0.29, 0.717) is 18.8 Å². The summed E-state index contributed by atoms with van der Waals surface area (Å²) in [6.07, 6.45) is 0.893. The lowest BCUT2D eigenvalue weighted by atomic mass is 10.1. The summed E-state index contributed by atoms with van der Waals surface area (Å²) in [6, 6.07) is 5.17. The average Bonchev–Trinajstić information content (AvgIpc) is 2.37. The van der Waals surface area contributed by atoms with Crippen molar-refractivity contribution in [1.82, 2.24) is 0 Å². The molecule has 0 aliphatic heterocycles. The minimum atomic E-state index is -0.369. The molecular formula is C14H22N2O3. The van der Waals surface area contributed by atoms with Crippen LogP contribution < -0.4 is 5.32 Å². The molecule has 0 bridgehead atoms. The Hall–Kier alpha value is -1.62. The van der Waals surface area contributed by atoms with Crippen LogP contribution in [0.25, 0.3) is 0 Å². The molecule has 0 amide bonds. The number of ether oxygens (including phenoxy) is 1. The Balaban J connectivity index is 2.87. The Morgan fingerprint density at radius 3 is 2.58 bits per heavy atom. The molecule has 0 saturated carbocycles. The minimum absolute atomic E-state index is 0.0947. The molecule has 5 nitrogen and oxygen atoms in total. The van der Waals surface area contributed by atoms with Gasteiger partial charge < -0.3 is 10.1 Å². The zero-order chi connectivity index (χ0) is 14.5. The van der Waals surface area contributed by atoms with Crippen molar-refractivity contribution in [2.45, 2.75) is 46.3 Å². The van der Waals surface area contributed by atoms with Gasteiger partial charge in [0.25, 0.3) is 5.69 Å². The molecule has 0 aliphatic carbocycles. The molecule has 0 spiro atoms. The largest absolute Gasteiger partial charge is 0.380 e. The normalized spacial score (nSPS) is 11.4. The molecule has 0 unspecified atom stereocenters. The lowest BCUT2D eigenvalue weighted by Crippen LogP contribution is -2.22. The van der Waals surface area contributed by atoms with Crippen molar-refractivity contribution in [1.29, 1.82) is 0 Å². The number of nitro groups is 1. The Morgan fingerprint density at radius 1 is 1.37 bits per heavy atom. The van der Waals surface area contributed by atoms with Gasteiger partial charge in [-0.25, -0.2) is 0 Å². The van der Waals surface area contributed by atoms with E-state index in [1.165, 1.54) is 0 Å². The second-order valence-corrected chi connectivity index (χ2v) is 5.04. The molecule has 0 aliphatic rings. The highest BCUT2D eigenvalue weighted by molar-refractivity contribution is 5.62. The third-order valence-corrected chi connectivity index (χ3v) is 3.11. The molecule has 19 heavy (non-hydrogen) atoms. The lowest BCUT2D eigenvalue weighted by molar-refractivity contribution is -0.384. The van der Waals surface area contributed by atoms with Crippen LogP contribution >= 0.6 is 0 Å². The average molecular weight is 266 g/mol. The van der Waals surface area contributed by atoms with Gasteiger partial charge in [0.15, 0.2) is 0 Å². The number of nitrogens with one attached hydrogen (secondary N) is 1. The monoisotopic (exact) mass is 266 g/mol. The van der Waals surface area contributed by atoms with Gasteiger partial charge in [-0.15, -0.1) is 0 Å². The van der Waals surface area contributed by atoms with Crippen LogP contribution in [0.4, 0.5) is 11.4 Å². The summed E-state index contributed by atoms with van der Waals surface area (Å²) < 4.78 is 5.76. The fourth-order valence-electron chi connectivity index (χ4n) is 1.54. The van der Waals surface area contributed by atoms with Crippen molar-refractivity contribution in [3.63, 3.8) is 0 Å². The van der Waals surface area contributed by atoms with E-state index in [9.17, 15) is 10.1 Å². The van der Waals surface area contributed by atoms with Crippen LogP contribution in [0.15, 0.2) is 18.2 Å². The van der Waals surface area contributed by atoms with E-state index in [-0.39, 0.29) is 16.2 Å². The second kappa shape index (κ2) is 6.52. The Kier molecular flexibility index (Phi) is 5.30. The van der Waals surface area contributed by atoms with Crippen LogP contribution in [-0.2, 0) is 11.3 Å². The van der Waals surface area contributed by atoms with Gasteiger partial charge in [-0.3, -0.25) is 10.1 Å². The number of rotatable bonds is 7. The highest BCUT2D eigenvalue weighted by Crippen LogP contribution is 2.26. The van der Waals surface area contributed by atoms with Gasteiger partial charge in [-0.2, -0.15) is 0 Å². The number of hydrogen-bond donors (Lipinski definition) is 1. The summed E-state index contributed by atoms with van der Waals surface area (Å²) in [4.78, 5) is 10.7. The van der Waals surface area contributed by atoms with Gasteiger partial charge in [-0.05, 0) is 38.8 Å². The maximum absolute atomic E-state index is 11.0. The van der Waals surface area contributed by atoms with Gasteiger partial charge in [0.1, 0.15) is 5.69 Å². The molecule has 0 atom stereocenters. The third-order valence-electron chi connectivity index (χ3n) is 3.11. The van der Waals surface area contributed by atoms with E-state index in [2.05, 4.69) is 12.2 Å². The van der Waals surface area contributed by atoms with E-state index in [1.807, 2.05) is 26.8 Å². The highest BCUT2D eigenvalue weighted by atomic mass is 16.6. The first-order valence-corrected chi connectivity index (χ1v) is 6.54. The summed E-state index contributed by atoms with van der Waals surface area (Å²) in [5, 5.41) is 14.0. The molecule has 0 saturated heterocycles. The molecule has 0 fully saturated rings. The van der Waals surface area contributed by atoms with Crippen molar-refractivity contribution in [3.8, 4) is 0 Å². The molecular weight excluding hydrogens is 244 g/mol. The summed E-state index contributed by atoms with van der Waals surface area (Å²) in [7, 11) is 0. The van der Waals surface area contributed by atoms with Crippen LogP contribution in [0.5, 0.6) is 0 Å². The van der Waals surface area contributed by atoms with Crippen LogP contribution in [0.3, 0.4) is 0 Å². The predicted molar refractivity (Wildman–Crippen MR) is 76.4 cm³/mol.